The summed E-state index contributed by atoms with van der Waals surface area (Å²) >= 11 is 3.44. The van der Waals surface area contributed by atoms with Crippen LogP contribution in [0.1, 0.15) is 5.56 Å². The third-order valence-corrected chi connectivity index (χ3v) is 3.91. The Morgan fingerprint density at radius 1 is 1.19 bits per heavy atom. The lowest BCUT2D eigenvalue weighted by Gasteiger charge is -2.08. The van der Waals surface area contributed by atoms with Crippen LogP contribution >= 0.6 is 15.9 Å². The Bertz CT molecular complexity index is 787. The molecule has 0 saturated carbocycles. The van der Waals surface area contributed by atoms with Gasteiger partial charge in [-0.25, -0.2) is 9.07 Å². The van der Waals surface area contributed by atoms with E-state index in [1.54, 1.807) is 16.8 Å². The zero-order valence-electron chi connectivity index (χ0n) is 10.9. The maximum atomic E-state index is 13.3. The summed E-state index contributed by atoms with van der Waals surface area (Å²) in [6.45, 7) is 0.376. The second-order valence-corrected chi connectivity index (χ2v) is 5.29. The van der Waals surface area contributed by atoms with Crippen molar-refractivity contribution in [2.75, 3.05) is 5.73 Å². The summed E-state index contributed by atoms with van der Waals surface area (Å²) in [7, 11) is 0. The number of halogens is 2. The summed E-state index contributed by atoms with van der Waals surface area (Å²) in [5, 5.41) is 11.7. The molecular formula is C14H11BrFN5. The van der Waals surface area contributed by atoms with Gasteiger partial charge >= 0.3 is 0 Å². The first-order valence-corrected chi connectivity index (χ1v) is 6.99. The number of rotatable bonds is 3. The Labute approximate surface area is 128 Å². The highest BCUT2D eigenvalue weighted by Crippen LogP contribution is 2.31. The molecule has 5 nitrogen and oxygen atoms in total. The number of hydrogen-bond donors (Lipinski definition) is 1. The van der Waals surface area contributed by atoms with Crippen LogP contribution in [0.5, 0.6) is 0 Å². The predicted molar refractivity (Wildman–Crippen MR) is 80.9 cm³/mol. The fraction of sp³-hybridized carbons (Fsp3) is 0.0714. The second kappa shape index (κ2) is 5.61. The van der Waals surface area contributed by atoms with Crippen LogP contribution in [0.15, 0.2) is 46.9 Å². The Morgan fingerprint density at radius 2 is 2.00 bits per heavy atom. The SMILES string of the molecule is Nc1cccc(-c2nnnn2Cc2cccc(F)c2)c1Br. The molecule has 0 radical (unpaired) electrons. The molecule has 2 aromatic carbocycles. The highest BCUT2D eigenvalue weighted by molar-refractivity contribution is 9.10. The van der Waals surface area contributed by atoms with Crippen molar-refractivity contribution in [1.29, 1.82) is 0 Å². The number of nitrogens with two attached hydrogens (primary N) is 1. The summed E-state index contributed by atoms with van der Waals surface area (Å²) in [5.74, 6) is 0.283. The lowest BCUT2D eigenvalue weighted by atomic mass is 10.2. The van der Waals surface area contributed by atoms with Gasteiger partial charge in [0.2, 0.25) is 0 Å². The highest BCUT2D eigenvalue weighted by atomic mass is 79.9. The molecule has 1 heterocycles. The molecule has 3 rings (SSSR count). The lowest BCUT2D eigenvalue weighted by Crippen LogP contribution is -2.05. The molecule has 0 atom stereocenters. The van der Waals surface area contributed by atoms with E-state index in [-0.39, 0.29) is 5.82 Å². The van der Waals surface area contributed by atoms with Crippen molar-refractivity contribution >= 4 is 21.6 Å². The van der Waals surface area contributed by atoms with Gasteiger partial charge < -0.3 is 5.73 Å². The Morgan fingerprint density at radius 3 is 2.81 bits per heavy atom. The van der Waals surface area contributed by atoms with E-state index in [9.17, 15) is 4.39 Å². The maximum absolute atomic E-state index is 13.3. The van der Waals surface area contributed by atoms with Gasteiger partial charge in [0.15, 0.2) is 5.82 Å². The molecule has 106 valence electrons. The van der Waals surface area contributed by atoms with Gasteiger partial charge in [-0.2, -0.15) is 0 Å². The Kier molecular flexibility index (Phi) is 3.66. The van der Waals surface area contributed by atoms with Gasteiger partial charge in [0.05, 0.1) is 11.0 Å². The normalized spacial score (nSPS) is 10.8. The zero-order chi connectivity index (χ0) is 14.8. The van der Waals surface area contributed by atoms with E-state index >= 15 is 0 Å². The van der Waals surface area contributed by atoms with Crippen LogP contribution in [0, 0.1) is 5.82 Å². The molecule has 0 aliphatic heterocycles. The molecule has 0 aliphatic carbocycles. The van der Waals surface area contributed by atoms with Crippen molar-refractivity contribution in [3.8, 4) is 11.4 Å². The van der Waals surface area contributed by atoms with Gasteiger partial charge in [0, 0.05) is 11.3 Å². The van der Waals surface area contributed by atoms with Crippen LogP contribution < -0.4 is 5.73 Å². The third kappa shape index (κ3) is 2.78. The average molecular weight is 348 g/mol. The lowest BCUT2D eigenvalue weighted by molar-refractivity contribution is 0.615. The molecule has 0 saturated heterocycles. The minimum absolute atomic E-state index is 0.285. The molecule has 0 amide bonds. The van der Waals surface area contributed by atoms with Gasteiger partial charge in [-0.15, -0.1) is 5.10 Å². The van der Waals surface area contributed by atoms with E-state index in [0.29, 0.717) is 18.1 Å². The van der Waals surface area contributed by atoms with E-state index < -0.39 is 0 Å². The molecule has 1 aromatic heterocycles. The van der Waals surface area contributed by atoms with Crippen molar-refractivity contribution in [3.05, 3.63) is 58.3 Å². The van der Waals surface area contributed by atoms with E-state index in [0.717, 1.165) is 15.6 Å². The number of hydrogen-bond acceptors (Lipinski definition) is 4. The minimum Gasteiger partial charge on any atom is -0.398 e. The minimum atomic E-state index is -0.285. The standard InChI is InChI=1S/C14H11BrFN5/c15-13-11(5-2-6-12(13)17)14-18-19-20-21(14)8-9-3-1-4-10(16)7-9/h1-7H,8,17H2. The molecule has 2 N–H and O–H groups in total. The summed E-state index contributed by atoms with van der Waals surface area (Å²) < 4.78 is 15.6. The van der Waals surface area contributed by atoms with Gasteiger partial charge in [-0.3, -0.25) is 0 Å². The van der Waals surface area contributed by atoms with Crippen LogP contribution in [-0.4, -0.2) is 20.2 Å². The molecule has 7 heteroatoms. The Hall–Kier alpha value is -2.28. The molecule has 0 fully saturated rings. The largest absolute Gasteiger partial charge is 0.398 e. The molecule has 0 spiro atoms. The molecule has 0 bridgehead atoms. The van der Waals surface area contributed by atoms with Gasteiger partial charge in [-0.1, -0.05) is 18.2 Å². The van der Waals surface area contributed by atoms with E-state index in [4.69, 9.17) is 5.73 Å². The van der Waals surface area contributed by atoms with Crippen molar-refractivity contribution in [2.45, 2.75) is 6.54 Å². The first-order chi connectivity index (χ1) is 10.1. The van der Waals surface area contributed by atoms with Crippen molar-refractivity contribution in [1.82, 2.24) is 20.2 Å². The summed E-state index contributed by atoms with van der Waals surface area (Å²) in [4.78, 5) is 0. The summed E-state index contributed by atoms with van der Waals surface area (Å²) in [6, 6.07) is 11.8. The van der Waals surface area contributed by atoms with Crippen LogP contribution in [0.25, 0.3) is 11.4 Å². The van der Waals surface area contributed by atoms with Crippen molar-refractivity contribution < 1.29 is 4.39 Å². The highest BCUT2D eigenvalue weighted by Gasteiger charge is 2.14. The number of anilines is 1. The van der Waals surface area contributed by atoms with Crippen molar-refractivity contribution in [2.24, 2.45) is 0 Å². The number of nitrogens with zero attached hydrogens (tertiary/aromatic N) is 4. The van der Waals surface area contributed by atoms with Crippen LogP contribution in [0.4, 0.5) is 10.1 Å². The zero-order valence-corrected chi connectivity index (χ0v) is 12.5. The monoisotopic (exact) mass is 347 g/mol. The molecule has 21 heavy (non-hydrogen) atoms. The van der Waals surface area contributed by atoms with Crippen LogP contribution in [-0.2, 0) is 6.54 Å². The number of nitrogen functional groups attached to an aromatic ring is 1. The predicted octanol–water partition coefficient (Wildman–Crippen LogP) is 2.87. The van der Waals surface area contributed by atoms with E-state index in [1.165, 1.54) is 12.1 Å². The molecule has 0 unspecified atom stereocenters. The fourth-order valence-corrected chi connectivity index (χ4v) is 2.48. The molecular weight excluding hydrogens is 337 g/mol. The average Bonchev–Trinajstić information content (AvgIpc) is 2.90. The first-order valence-electron chi connectivity index (χ1n) is 6.20. The first kappa shape index (κ1) is 13.7. The smallest absolute Gasteiger partial charge is 0.183 e. The van der Waals surface area contributed by atoms with Gasteiger partial charge in [0.25, 0.3) is 0 Å². The number of benzene rings is 2. The fourth-order valence-electron chi connectivity index (χ4n) is 2.03. The second-order valence-electron chi connectivity index (χ2n) is 4.50. The molecule has 0 aliphatic rings. The van der Waals surface area contributed by atoms with E-state index in [2.05, 4.69) is 31.5 Å². The topological polar surface area (TPSA) is 69.6 Å². The maximum Gasteiger partial charge on any atom is 0.183 e. The van der Waals surface area contributed by atoms with Gasteiger partial charge in [0.1, 0.15) is 5.82 Å². The molecule has 3 aromatic rings. The quantitative estimate of drug-likeness (QED) is 0.739. The summed E-state index contributed by atoms with van der Waals surface area (Å²) in [6.07, 6.45) is 0. The van der Waals surface area contributed by atoms with Crippen LogP contribution in [0.3, 0.4) is 0 Å². The number of aromatic nitrogens is 4. The Balaban J connectivity index is 2.00. The van der Waals surface area contributed by atoms with Gasteiger partial charge in [-0.05, 0) is 56.2 Å². The number of tetrazole rings is 1. The van der Waals surface area contributed by atoms with Crippen molar-refractivity contribution in [3.63, 3.8) is 0 Å². The third-order valence-electron chi connectivity index (χ3n) is 3.02. The van der Waals surface area contributed by atoms with E-state index in [1.807, 2.05) is 18.2 Å². The summed E-state index contributed by atoms with van der Waals surface area (Å²) in [5.41, 5.74) is 8.05. The van der Waals surface area contributed by atoms with Crippen LogP contribution in [0.2, 0.25) is 0 Å².